The number of halogens is 1. The third-order valence-electron chi connectivity index (χ3n) is 8.04. The quantitative estimate of drug-likeness (QED) is 0.560. The molecule has 2 aromatic heterocycles. The van der Waals surface area contributed by atoms with Gasteiger partial charge in [-0.3, -0.25) is 4.90 Å². The second kappa shape index (κ2) is 10.2. The number of ether oxygens (including phenoxy) is 2. The lowest BCUT2D eigenvalue weighted by Gasteiger charge is -2.38. The lowest BCUT2D eigenvalue weighted by molar-refractivity contribution is 0.00335. The van der Waals surface area contributed by atoms with E-state index < -0.39 is 6.17 Å². The Bertz CT molecular complexity index is 1260. The number of hydrogen-bond acceptors (Lipinski definition) is 8. The molecule has 3 aliphatic heterocycles. The minimum atomic E-state index is -0.921. The molecule has 3 fully saturated rings. The SMILES string of the molecule is Cc1nc(N2CCO[C@H](CO)C2)cc(-n2ncc3cc(C)c(C4CCN(C5CCOC5)CC4F)cc32)n1. The molecule has 198 valence electrons. The summed E-state index contributed by atoms with van der Waals surface area (Å²) in [5.41, 5.74) is 3.06. The van der Waals surface area contributed by atoms with E-state index in [0.29, 0.717) is 50.5 Å². The molecule has 1 N–H and O–H groups in total. The van der Waals surface area contributed by atoms with Crippen molar-refractivity contribution in [2.24, 2.45) is 0 Å². The van der Waals surface area contributed by atoms with E-state index in [1.54, 1.807) is 0 Å². The van der Waals surface area contributed by atoms with E-state index in [1.807, 2.05) is 23.9 Å². The molecule has 3 unspecified atom stereocenters. The summed E-state index contributed by atoms with van der Waals surface area (Å²) in [5, 5.41) is 15.2. The van der Waals surface area contributed by atoms with Crippen LogP contribution in [0.2, 0.25) is 0 Å². The minimum absolute atomic E-state index is 0.0255. The number of nitrogens with zero attached hydrogens (tertiary/aromatic N) is 6. The third kappa shape index (κ3) is 4.83. The molecule has 10 heteroatoms. The molecule has 4 atom stereocenters. The van der Waals surface area contributed by atoms with Gasteiger partial charge in [0.25, 0.3) is 0 Å². The largest absolute Gasteiger partial charge is 0.394 e. The first-order valence-corrected chi connectivity index (χ1v) is 13.3. The number of hydrogen-bond donors (Lipinski definition) is 1. The first-order valence-electron chi connectivity index (χ1n) is 13.3. The highest BCUT2D eigenvalue weighted by atomic mass is 19.1. The molecular weight excluding hydrogens is 475 g/mol. The van der Waals surface area contributed by atoms with Crippen LogP contribution in [0.3, 0.4) is 0 Å². The van der Waals surface area contributed by atoms with E-state index in [0.717, 1.165) is 53.8 Å². The zero-order chi connectivity index (χ0) is 25.5. The number of morpholine rings is 1. The molecule has 6 rings (SSSR count). The van der Waals surface area contributed by atoms with Gasteiger partial charge in [0.1, 0.15) is 17.8 Å². The minimum Gasteiger partial charge on any atom is -0.394 e. The first kappa shape index (κ1) is 24.7. The second-order valence-corrected chi connectivity index (χ2v) is 10.5. The zero-order valence-electron chi connectivity index (χ0n) is 21.5. The Morgan fingerprint density at radius 3 is 2.70 bits per heavy atom. The number of aliphatic hydroxyl groups excluding tert-OH is 1. The molecule has 3 aliphatic rings. The molecule has 0 amide bonds. The van der Waals surface area contributed by atoms with Gasteiger partial charge in [-0.2, -0.15) is 5.10 Å². The van der Waals surface area contributed by atoms with E-state index in [1.165, 1.54) is 0 Å². The van der Waals surface area contributed by atoms with Crippen LogP contribution in [0.5, 0.6) is 0 Å². The van der Waals surface area contributed by atoms with Crippen molar-refractivity contribution in [3.05, 3.63) is 41.3 Å². The number of aromatic nitrogens is 4. The van der Waals surface area contributed by atoms with Crippen molar-refractivity contribution < 1.29 is 19.0 Å². The lowest BCUT2D eigenvalue weighted by Crippen LogP contribution is -2.46. The lowest BCUT2D eigenvalue weighted by atomic mass is 9.84. The fourth-order valence-corrected chi connectivity index (χ4v) is 6.05. The molecule has 37 heavy (non-hydrogen) atoms. The van der Waals surface area contributed by atoms with Gasteiger partial charge in [0, 0.05) is 49.7 Å². The number of aryl methyl sites for hydroxylation is 2. The number of piperidine rings is 1. The van der Waals surface area contributed by atoms with Gasteiger partial charge in [0.15, 0.2) is 5.82 Å². The van der Waals surface area contributed by atoms with E-state index in [2.05, 4.69) is 43.9 Å². The number of rotatable bonds is 5. The summed E-state index contributed by atoms with van der Waals surface area (Å²) >= 11 is 0. The molecule has 0 radical (unpaired) electrons. The van der Waals surface area contributed by atoms with E-state index in [4.69, 9.17) is 9.47 Å². The van der Waals surface area contributed by atoms with Gasteiger partial charge in [-0.15, -0.1) is 0 Å². The second-order valence-electron chi connectivity index (χ2n) is 10.5. The van der Waals surface area contributed by atoms with Gasteiger partial charge in [0.2, 0.25) is 0 Å². The summed E-state index contributed by atoms with van der Waals surface area (Å²) in [7, 11) is 0. The Balaban J connectivity index is 1.30. The van der Waals surface area contributed by atoms with Gasteiger partial charge in [-0.05, 0) is 56.5 Å². The van der Waals surface area contributed by atoms with Gasteiger partial charge in [-0.1, -0.05) is 0 Å². The topological polar surface area (TPSA) is 88.8 Å². The summed E-state index contributed by atoms with van der Waals surface area (Å²) in [6.07, 6.45) is 2.47. The predicted octanol–water partition coefficient (Wildman–Crippen LogP) is 2.55. The van der Waals surface area contributed by atoms with Crippen LogP contribution in [0, 0.1) is 13.8 Å². The molecule has 5 heterocycles. The summed E-state index contributed by atoms with van der Waals surface area (Å²) in [6, 6.07) is 6.50. The van der Waals surface area contributed by atoms with Gasteiger partial charge in [-0.25, -0.2) is 19.0 Å². The van der Waals surface area contributed by atoms with Gasteiger partial charge < -0.3 is 19.5 Å². The van der Waals surface area contributed by atoms with E-state index in [-0.39, 0.29) is 18.6 Å². The van der Waals surface area contributed by atoms with Crippen LogP contribution >= 0.6 is 0 Å². The van der Waals surface area contributed by atoms with E-state index in [9.17, 15) is 5.11 Å². The molecule has 0 bridgehead atoms. The maximum atomic E-state index is 15.6. The van der Waals surface area contributed by atoms with Crippen molar-refractivity contribution in [3.8, 4) is 5.82 Å². The average Bonchev–Trinajstić information content (AvgIpc) is 3.58. The Kier molecular flexibility index (Phi) is 6.83. The molecule has 3 aromatic rings. The number of fused-ring (bicyclic) bond motifs is 1. The first-order chi connectivity index (χ1) is 18.0. The fraction of sp³-hybridized carbons (Fsp3) is 0.593. The van der Waals surface area contributed by atoms with Crippen molar-refractivity contribution in [3.63, 3.8) is 0 Å². The Morgan fingerprint density at radius 1 is 1.05 bits per heavy atom. The van der Waals surface area contributed by atoms with Crippen molar-refractivity contribution in [2.45, 2.75) is 50.9 Å². The normalized spacial score (nSPS) is 27.3. The van der Waals surface area contributed by atoms with Gasteiger partial charge >= 0.3 is 0 Å². The predicted molar refractivity (Wildman–Crippen MR) is 138 cm³/mol. The number of anilines is 1. The van der Waals surface area contributed by atoms with Crippen molar-refractivity contribution in [1.29, 1.82) is 0 Å². The average molecular weight is 511 g/mol. The summed E-state index contributed by atoms with van der Waals surface area (Å²) < 4.78 is 28.5. The number of benzene rings is 1. The van der Waals surface area contributed by atoms with Crippen molar-refractivity contribution in [2.75, 3.05) is 57.5 Å². The molecule has 0 aliphatic carbocycles. The highest BCUT2D eigenvalue weighted by Gasteiger charge is 2.35. The summed E-state index contributed by atoms with van der Waals surface area (Å²) in [5.74, 6) is 1.96. The van der Waals surface area contributed by atoms with Crippen LogP contribution in [0.25, 0.3) is 16.7 Å². The maximum absolute atomic E-state index is 15.6. The summed E-state index contributed by atoms with van der Waals surface area (Å²) in [4.78, 5) is 13.7. The van der Waals surface area contributed by atoms with E-state index >= 15 is 4.39 Å². The smallest absolute Gasteiger partial charge is 0.159 e. The van der Waals surface area contributed by atoms with Crippen LogP contribution in [-0.4, -0.2) is 101 Å². The van der Waals surface area contributed by atoms with Crippen LogP contribution in [0.4, 0.5) is 10.2 Å². The zero-order valence-corrected chi connectivity index (χ0v) is 21.5. The van der Waals surface area contributed by atoms with Crippen molar-refractivity contribution >= 4 is 16.7 Å². The summed E-state index contributed by atoms with van der Waals surface area (Å²) in [6.45, 7) is 8.55. The molecule has 9 nitrogen and oxygen atoms in total. The maximum Gasteiger partial charge on any atom is 0.159 e. The van der Waals surface area contributed by atoms with Gasteiger partial charge in [0.05, 0.1) is 37.6 Å². The number of aliphatic hydroxyl groups is 1. The Labute approximate surface area is 216 Å². The number of alkyl halides is 1. The standard InChI is InChI=1S/C27H35FN6O3/c1-17-9-19-12-29-34(27-11-26(30-18(2)31-27)33-6-8-37-21(13-33)15-35)25(19)10-23(17)22-3-5-32(14-24(22)28)20-4-7-36-16-20/h9-12,20-22,24,35H,3-8,13-16H2,1-2H3/t20?,21-,22?,24?/m0/s1. The third-order valence-corrected chi connectivity index (χ3v) is 8.04. The monoisotopic (exact) mass is 510 g/mol. The number of likely N-dealkylation sites (tertiary alicyclic amines) is 1. The van der Waals surface area contributed by atoms with Crippen LogP contribution in [0.15, 0.2) is 24.4 Å². The molecule has 0 spiro atoms. The molecule has 1 aromatic carbocycles. The van der Waals surface area contributed by atoms with Crippen LogP contribution in [-0.2, 0) is 9.47 Å². The van der Waals surface area contributed by atoms with Crippen LogP contribution < -0.4 is 4.90 Å². The molecular formula is C27H35FN6O3. The molecule has 3 saturated heterocycles. The van der Waals surface area contributed by atoms with Crippen molar-refractivity contribution in [1.82, 2.24) is 24.6 Å². The Morgan fingerprint density at radius 2 is 1.92 bits per heavy atom. The van der Waals surface area contributed by atoms with Crippen LogP contribution in [0.1, 0.15) is 35.7 Å². The Hall–Kier alpha value is -2.66. The molecule has 0 saturated carbocycles. The fourth-order valence-electron chi connectivity index (χ4n) is 6.05. The highest BCUT2D eigenvalue weighted by Crippen LogP contribution is 2.36. The highest BCUT2D eigenvalue weighted by molar-refractivity contribution is 5.82.